The van der Waals surface area contributed by atoms with Crippen LogP contribution in [-0.2, 0) is 4.79 Å². The summed E-state index contributed by atoms with van der Waals surface area (Å²) in [5.41, 5.74) is 0. The summed E-state index contributed by atoms with van der Waals surface area (Å²) in [6, 6.07) is 0.110. The van der Waals surface area contributed by atoms with E-state index < -0.39 is 0 Å². The maximum Gasteiger partial charge on any atom is 0.239 e. The third-order valence-corrected chi connectivity index (χ3v) is 3.17. The Hall–Kier alpha value is -0.320. The molecule has 2 rings (SSSR count). The number of nitrogens with one attached hydrogen (secondary N) is 1. The van der Waals surface area contributed by atoms with E-state index in [1.165, 1.54) is 0 Å². The Labute approximate surface area is 97.4 Å². The summed E-state index contributed by atoms with van der Waals surface area (Å²) in [6.45, 7) is 4.82. The van der Waals surface area contributed by atoms with Gasteiger partial charge in [-0.1, -0.05) is 0 Å². The van der Waals surface area contributed by atoms with Crippen molar-refractivity contribution in [1.29, 1.82) is 0 Å². The lowest BCUT2D eigenvalue weighted by Crippen LogP contribution is -2.52. The Bertz CT molecular complexity index is 211. The second-order valence-corrected chi connectivity index (χ2v) is 4.28. The van der Waals surface area contributed by atoms with Crippen LogP contribution in [0.25, 0.3) is 0 Å². The first-order valence-corrected chi connectivity index (χ1v) is 5.48. The second-order valence-electron chi connectivity index (χ2n) is 4.28. The van der Waals surface area contributed by atoms with Crippen molar-refractivity contribution in [2.24, 2.45) is 0 Å². The average molecular weight is 234 g/mol. The Kier molecular flexibility index (Phi) is 4.83. The first-order valence-electron chi connectivity index (χ1n) is 5.48. The van der Waals surface area contributed by atoms with Crippen molar-refractivity contribution in [2.45, 2.75) is 18.9 Å². The molecule has 0 radical (unpaired) electrons. The van der Waals surface area contributed by atoms with E-state index in [1.54, 1.807) is 0 Å². The minimum Gasteiger partial charge on any atom is -0.339 e. The van der Waals surface area contributed by atoms with Crippen molar-refractivity contribution in [1.82, 2.24) is 15.1 Å². The fraction of sp³-hybridized carbons (Fsp3) is 0.900. The SMILES string of the molecule is CN1CCN(C(=O)C2CCCN2)CC1.Cl. The number of carbonyl (C=O) groups is 1. The molecule has 2 fully saturated rings. The van der Waals surface area contributed by atoms with Gasteiger partial charge in [-0.3, -0.25) is 4.79 Å². The summed E-state index contributed by atoms with van der Waals surface area (Å²) in [5.74, 6) is 0.315. The van der Waals surface area contributed by atoms with E-state index in [4.69, 9.17) is 0 Å². The normalized spacial score (nSPS) is 27.5. The van der Waals surface area contributed by atoms with E-state index in [-0.39, 0.29) is 18.4 Å². The fourth-order valence-electron chi connectivity index (χ4n) is 2.14. The summed E-state index contributed by atoms with van der Waals surface area (Å²) >= 11 is 0. The van der Waals surface area contributed by atoms with Crippen molar-refractivity contribution in [3.8, 4) is 0 Å². The van der Waals surface area contributed by atoms with Crippen molar-refractivity contribution in [3.05, 3.63) is 0 Å². The Morgan fingerprint density at radius 3 is 2.47 bits per heavy atom. The van der Waals surface area contributed by atoms with Crippen LogP contribution in [0, 0.1) is 0 Å². The zero-order valence-electron chi connectivity index (χ0n) is 9.24. The minimum atomic E-state index is 0. The number of hydrogen-bond donors (Lipinski definition) is 1. The van der Waals surface area contributed by atoms with Gasteiger partial charge in [-0.15, -0.1) is 12.4 Å². The quantitative estimate of drug-likeness (QED) is 0.689. The molecule has 1 N–H and O–H groups in total. The molecule has 0 saturated carbocycles. The predicted molar refractivity (Wildman–Crippen MR) is 62.3 cm³/mol. The average Bonchev–Trinajstić information content (AvgIpc) is 2.71. The number of hydrogen-bond acceptors (Lipinski definition) is 3. The van der Waals surface area contributed by atoms with Gasteiger partial charge >= 0.3 is 0 Å². The molecule has 88 valence electrons. The van der Waals surface area contributed by atoms with Crippen LogP contribution in [-0.4, -0.2) is 61.5 Å². The van der Waals surface area contributed by atoms with Gasteiger partial charge in [0.15, 0.2) is 0 Å². The van der Waals surface area contributed by atoms with Crippen LogP contribution >= 0.6 is 12.4 Å². The molecule has 0 aromatic heterocycles. The van der Waals surface area contributed by atoms with E-state index in [0.29, 0.717) is 5.91 Å². The molecule has 0 spiro atoms. The molecule has 0 aromatic rings. The molecule has 0 bridgehead atoms. The van der Waals surface area contributed by atoms with Crippen LogP contribution in [0.15, 0.2) is 0 Å². The number of carbonyl (C=O) groups excluding carboxylic acids is 1. The molecule has 4 nitrogen and oxygen atoms in total. The number of rotatable bonds is 1. The van der Waals surface area contributed by atoms with Crippen molar-refractivity contribution >= 4 is 18.3 Å². The van der Waals surface area contributed by atoms with Crippen LogP contribution in [0.5, 0.6) is 0 Å². The topological polar surface area (TPSA) is 35.6 Å². The van der Waals surface area contributed by atoms with Gasteiger partial charge in [0.25, 0.3) is 0 Å². The number of piperazine rings is 1. The highest BCUT2D eigenvalue weighted by atomic mass is 35.5. The largest absolute Gasteiger partial charge is 0.339 e. The third kappa shape index (κ3) is 3.06. The molecule has 5 heteroatoms. The summed E-state index contributed by atoms with van der Waals surface area (Å²) in [7, 11) is 2.11. The van der Waals surface area contributed by atoms with E-state index >= 15 is 0 Å². The van der Waals surface area contributed by atoms with Gasteiger partial charge in [0.05, 0.1) is 6.04 Å². The van der Waals surface area contributed by atoms with Gasteiger partial charge in [0, 0.05) is 26.2 Å². The maximum atomic E-state index is 12.0. The number of nitrogens with zero attached hydrogens (tertiary/aromatic N) is 2. The molecule has 2 aliphatic rings. The van der Waals surface area contributed by atoms with Gasteiger partial charge in [0.2, 0.25) is 5.91 Å². The highest BCUT2D eigenvalue weighted by Gasteiger charge is 2.28. The molecule has 1 amide bonds. The van der Waals surface area contributed by atoms with Crippen LogP contribution < -0.4 is 5.32 Å². The highest BCUT2D eigenvalue weighted by molar-refractivity contribution is 5.85. The number of halogens is 1. The molecule has 2 aliphatic heterocycles. The molecule has 0 aromatic carbocycles. The third-order valence-electron chi connectivity index (χ3n) is 3.17. The number of likely N-dealkylation sites (N-methyl/N-ethyl adjacent to an activating group) is 1. The molecule has 2 saturated heterocycles. The lowest BCUT2D eigenvalue weighted by atomic mass is 10.2. The van der Waals surface area contributed by atoms with Gasteiger partial charge in [0.1, 0.15) is 0 Å². The maximum absolute atomic E-state index is 12.0. The van der Waals surface area contributed by atoms with Gasteiger partial charge in [-0.05, 0) is 26.4 Å². The van der Waals surface area contributed by atoms with Crippen LogP contribution in [0.4, 0.5) is 0 Å². The lowest BCUT2D eigenvalue weighted by Gasteiger charge is -2.33. The molecule has 1 unspecified atom stereocenters. The summed E-state index contributed by atoms with van der Waals surface area (Å²) in [4.78, 5) is 16.2. The Morgan fingerprint density at radius 1 is 1.27 bits per heavy atom. The molecule has 2 heterocycles. The van der Waals surface area contributed by atoms with E-state index in [0.717, 1.165) is 45.6 Å². The zero-order valence-corrected chi connectivity index (χ0v) is 10.1. The standard InChI is InChI=1S/C10H19N3O.ClH/c1-12-5-7-13(8-6-12)10(14)9-3-2-4-11-9;/h9,11H,2-8H2,1H3;1H. The van der Waals surface area contributed by atoms with Crippen LogP contribution in [0.2, 0.25) is 0 Å². The summed E-state index contributed by atoms with van der Waals surface area (Å²) in [5, 5.41) is 3.26. The lowest BCUT2D eigenvalue weighted by molar-refractivity contribution is -0.134. The van der Waals surface area contributed by atoms with Crippen LogP contribution in [0.1, 0.15) is 12.8 Å². The molecular weight excluding hydrogens is 214 g/mol. The van der Waals surface area contributed by atoms with E-state index in [2.05, 4.69) is 17.3 Å². The highest BCUT2D eigenvalue weighted by Crippen LogP contribution is 2.10. The van der Waals surface area contributed by atoms with E-state index in [9.17, 15) is 4.79 Å². The summed E-state index contributed by atoms with van der Waals surface area (Å²) in [6.07, 6.45) is 2.16. The first kappa shape index (κ1) is 12.7. The number of amides is 1. The van der Waals surface area contributed by atoms with Crippen molar-refractivity contribution in [2.75, 3.05) is 39.8 Å². The van der Waals surface area contributed by atoms with Gasteiger partial charge < -0.3 is 15.1 Å². The predicted octanol–water partition coefficient (Wildman–Crippen LogP) is -0.0658. The minimum absolute atomic E-state index is 0. The van der Waals surface area contributed by atoms with E-state index in [1.807, 2.05) is 4.90 Å². The Balaban J connectivity index is 0.00000112. The molecular formula is C10H20ClN3O. The van der Waals surface area contributed by atoms with Gasteiger partial charge in [-0.2, -0.15) is 0 Å². The molecule has 1 atom stereocenters. The van der Waals surface area contributed by atoms with Crippen molar-refractivity contribution in [3.63, 3.8) is 0 Å². The first-order chi connectivity index (χ1) is 6.77. The Morgan fingerprint density at radius 2 is 1.93 bits per heavy atom. The molecule has 0 aliphatic carbocycles. The van der Waals surface area contributed by atoms with Gasteiger partial charge in [-0.25, -0.2) is 0 Å². The fourth-order valence-corrected chi connectivity index (χ4v) is 2.14. The van der Waals surface area contributed by atoms with Crippen LogP contribution in [0.3, 0.4) is 0 Å². The monoisotopic (exact) mass is 233 g/mol. The molecule has 15 heavy (non-hydrogen) atoms. The summed E-state index contributed by atoms with van der Waals surface area (Å²) < 4.78 is 0. The zero-order chi connectivity index (χ0) is 9.97. The smallest absolute Gasteiger partial charge is 0.239 e. The second kappa shape index (κ2) is 5.68. The van der Waals surface area contributed by atoms with Crippen molar-refractivity contribution < 1.29 is 4.79 Å².